The highest BCUT2D eigenvalue weighted by Crippen LogP contribution is 2.24. The molecule has 0 aliphatic heterocycles. The Morgan fingerprint density at radius 1 is 1.00 bits per heavy atom. The normalized spacial score (nSPS) is 12.6. The fourth-order valence-electron chi connectivity index (χ4n) is 2.30. The molecular weight excluding hydrogens is 286 g/mol. The summed E-state index contributed by atoms with van der Waals surface area (Å²) in [6.45, 7) is 9.43. The number of ether oxygens (including phenoxy) is 2. The van der Waals surface area contributed by atoms with Gasteiger partial charge in [-0.2, -0.15) is 0 Å². The van der Waals surface area contributed by atoms with Gasteiger partial charge in [-0.1, -0.05) is 39.0 Å². The third kappa shape index (κ3) is 5.20. The van der Waals surface area contributed by atoms with E-state index >= 15 is 0 Å². The van der Waals surface area contributed by atoms with Crippen molar-refractivity contribution in [1.82, 2.24) is 0 Å². The zero-order valence-corrected chi connectivity index (χ0v) is 14.7. The molecule has 1 atom stereocenters. The fourth-order valence-corrected chi connectivity index (χ4v) is 2.30. The number of nitrogens with one attached hydrogen (secondary N) is 1. The SMILES string of the molecule is COc1cccc(NCC(C)Oc2ccc(C(C)(C)C)cc2)c1. The highest BCUT2D eigenvalue weighted by molar-refractivity contribution is 5.48. The minimum absolute atomic E-state index is 0.0710. The molecule has 23 heavy (non-hydrogen) atoms. The third-order valence-corrected chi connectivity index (χ3v) is 3.72. The van der Waals surface area contributed by atoms with E-state index in [1.165, 1.54) is 5.56 Å². The maximum absolute atomic E-state index is 5.97. The van der Waals surface area contributed by atoms with E-state index in [9.17, 15) is 0 Å². The lowest BCUT2D eigenvalue weighted by atomic mass is 9.87. The smallest absolute Gasteiger partial charge is 0.120 e. The van der Waals surface area contributed by atoms with Crippen LogP contribution in [0.1, 0.15) is 33.3 Å². The van der Waals surface area contributed by atoms with Crippen LogP contribution in [0.25, 0.3) is 0 Å². The lowest BCUT2D eigenvalue weighted by Crippen LogP contribution is -2.22. The molecule has 0 saturated carbocycles. The number of anilines is 1. The van der Waals surface area contributed by atoms with Gasteiger partial charge in [-0.25, -0.2) is 0 Å². The minimum Gasteiger partial charge on any atom is -0.497 e. The van der Waals surface area contributed by atoms with Gasteiger partial charge in [-0.15, -0.1) is 0 Å². The van der Waals surface area contributed by atoms with Crippen molar-refractivity contribution in [1.29, 1.82) is 0 Å². The molecule has 0 saturated heterocycles. The molecule has 0 aliphatic rings. The van der Waals surface area contributed by atoms with E-state index in [1.807, 2.05) is 36.4 Å². The Morgan fingerprint density at radius 2 is 1.70 bits per heavy atom. The standard InChI is InChI=1S/C20H27NO2/c1-15(14-21-17-7-6-8-19(13-17)22-5)23-18-11-9-16(10-12-18)20(2,3)4/h6-13,15,21H,14H2,1-5H3. The first kappa shape index (κ1) is 17.2. The Balaban J connectivity index is 1.88. The molecule has 2 aromatic rings. The van der Waals surface area contributed by atoms with Crippen LogP contribution in [0, 0.1) is 0 Å². The number of hydrogen-bond acceptors (Lipinski definition) is 3. The molecule has 3 nitrogen and oxygen atoms in total. The molecule has 1 unspecified atom stereocenters. The van der Waals surface area contributed by atoms with Crippen LogP contribution in [0.2, 0.25) is 0 Å². The highest BCUT2D eigenvalue weighted by atomic mass is 16.5. The maximum Gasteiger partial charge on any atom is 0.120 e. The van der Waals surface area contributed by atoms with Crippen LogP contribution in [0.4, 0.5) is 5.69 Å². The van der Waals surface area contributed by atoms with Crippen LogP contribution in [-0.2, 0) is 5.41 Å². The predicted octanol–water partition coefficient (Wildman–Crippen LogP) is 4.87. The molecule has 0 heterocycles. The summed E-state index contributed by atoms with van der Waals surface area (Å²) in [6, 6.07) is 16.3. The van der Waals surface area contributed by atoms with Gasteiger partial charge in [0, 0.05) is 11.8 Å². The topological polar surface area (TPSA) is 30.5 Å². The molecule has 1 N–H and O–H groups in total. The first-order valence-corrected chi connectivity index (χ1v) is 8.03. The third-order valence-electron chi connectivity index (χ3n) is 3.72. The van der Waals surface area contributed by atoms with E-state index < -0.39 is 0 Å². The second-order valence-electron chi connectivity index (χ2n) is 6.82. The Hall–Kier alpha value is -2.16. The Morgan fingerprint density at radius 3 is 2.30 bits per heavy atom. The van der Waals surface area contributed by atoms with Crippen molar-refractivity contribution >= 4 is 5.69 Å². The number of hydrogen-bond donors (Lipinski definition) is 1. The molecule has 2 rings (SSSR count). The van der Waals surface area contributed by atoms with Gasteiger partial charge in [-0.3, -0.25) is 0 Å². The van der Waals surface area contributed by atoms with E-state index in [2.05, 4.69) is 45.1 Å². The molecule has 124 valence electrons. The van der Waals surface area contributed by atoms with Gasteiger partial charge in [0.2, 0.25) is 0 Å². The van der Waals surface area contributed by atoms with Crippen LogP contribution < -0.4 is 14.8 Å². The lowest BCUT2D eigenvalue weighted by molar-refractivity contribution is 0.234. The van der Waals surface area contributed by atoms with E-state index in [0.29, 0.717) is 0 Å². The van der Waals surface area contributed by atoms with Gasteiger partial charge < -0.3 is 14.8 Å². The van der Waals surface area contributed by atoms with Crippen LogP contribution in [0.5, 0.6) is 11.5 Å². The summed E-state index contributed by atoms with van der Waals surface area (Å²) in [7, 11) is 1.67. The summed E-state index contributed by atoms with van der Waals surface area (Å²) >= 11 is 0. The lowest BCUT2D eigenvalue weighted by Gasteiger charge is -2.20. The van der Waals surface area contributed by atoms with Gasteiger partial charge in [0.05, 0.1) is 13.7 Å². The van der Waals surface area contributed by atoms with Crippen molar-refractivity contribution in [3.8, 4) is 11.5 Å². The number of benzene rings is 2. The summed E-state index contributed by atoms with van der Waals surface area (Å²) in [5.74, 6) is 1.75. The molecule has 2 aromatic carbocycles. The Labute approximate surface area is 139 Å². The first-order valence-electron chi connectivity index (χ1n) is 8.03. The average molecular weight is 313 g/mol. The quantitative estimate of drug-likeness (QED) is 0.825. The van der Waals surface area contributed by atoms with Crippen LogP contribution in [0.15, 0.2) is 48.5 Å². The van der Waals surface area contributed by atoms with Crippen molar-refractivity contribution in [2.45, 2.75) is 39.2 Å². The van der Waals surface area contributed by atoms with E-state index in [1.54, 1.807) is 7.11 Å². The Kier molecular flexibility index (Phi) is 5.54. The summed E-state index contributed by atoms with van der Waals surface area (Å²) in [4.78, 5) is 0. The summed E-state index contributed by atoms with van der Waals surface area (Å²) < 4.78 is 11.2. The van der Waals surface area contributed by atoms with Crippen LogP contribution >= 0.6 is 0 Å². The van der Waals surface area contributed by atoms with Crippen LogP contribution in [-0.4, -0.2) is 19.8 Å². The molecular formula is C20H27NO2. The average Bonchev–Trinajstić information content (AvgIpc) is 2.53. The summed E-state index contributed by atoms with van der Waals surface area (Å²) in [6.07, 6.45) is 0.0710. The minimum atomic E-state index is 0.0710. The number of methoxy groups -OCH3 is 1. The van der Waals surface area contributed by atoms with Crippen LogP contribution in [0.3, 0.4) is 0 Å². The second kappa shape index (κ2) is 7.40. The molecule has 0 aromatic heterocycles. The monoisotopic (exact) mass is 313 g/mol. The van der Waals surface area contributed by atoms with Gasteiger partial charge >= 0.3 is 0 Å². The van der Waals surface area contributed by atoms with Gasteiger partial charge in [0.1, 0.15) is 17.6 Å². The molecule has 0 spiro atoms. The van der Waals surface area contributed by atoms with Crippen molar-refractivity contribution in [2.75, 3.05) is 19.0 Å². The van der Waals surface area contributed by atoms with Crippen molar-refractivity contribution in [3.05, 3.63) is 54.1 Å². The Bertz CT molecular complexity index is 614. The zero-order valence-electron chi connectivity index (χ0n) is 14.7. The summed E-state index contributed by atoms with van der Waals surface area (Å²) in [5.41, 5.74) is 2.51. The van der Waals surface area contributed by atoms with E-state index in [-0.39, 0.29) is 11.5 Å². The van der Waals surface area contributed by atoms with Gasteiger partial charge in [0.25, 0.3) is 0 Å². The van der Waals surface area contributed by atoms with Crippen molar-refractivity contribution in [3.63, 3.8) is 0 Å². The molecule has 0 amide bonds. The van der Waals surface area contributed by atoms with Gasteiger partial charge in [-0.05, 0) is 42.2 Å². The predicted molar refractivity (Wildman–Crippen MR) is 96.7 cm³/mol. The molecule has 0 fully saturated rings. The molecule has 0 aliphatic carbocycles. The summed E-state index contributed by atoms with van der Waals surface area (Å²) in [5, 5.41) is 3.37. The van der Waals surface area contributed by atoms with Crippen molar-refractivity contribution in [2.24, 2.45) is 0 Å². The molecule has 0 bridgehead atoms. The maximum atomic E-state index is 5.97. The molecule has 3 heteroatoms. The number of rotatable bonds is 6. The first-order chi connectivity index (χ1) is 10.9. The second-order valence-corrected chi connectivity index (χ2v) is 6.82. The zero-order chi connectivity index (χ0) is 16.9. The highest BCUT2D eigenvalue weighted by Gasteiger charge is 2.13. The fraction of sp³-hybridized carbons (Fsp3) is 0.400. The van der Waals surface area contributed by atoms with Gasteiger partial charge in [0.15, 0.2) is 0 Å². The van der Waals surface area contributed by atoms with E-state index in [4.69, 9.17) is 9.47 Å². The van der Waals surface area contributed by atoms with E-state index in [0.717, 1.165) is 23.7 Å². The largest absolute Gasteiger partial charge is 0.497 e. The van der Waals surface area contributed by atoms with Crippen molar-refractivity contribution < 1.29 is 9.47 Å². The molecule has 0 radical (unpaired) electrons.